The van der Waals surface area contributed by atoms with Crippen LogP contribution >= 0.6 is 0 Å². The minimum Gasteiger partial charge on any atom is -0.494 e. The van der Waals surface area contributed by atoms with Crippen LogP contribution in [0.25, 0.3) is 0 Å². The van der Waals surface area contributed by atoms with Gasteiger partial charge in [-0.15, -0.1) is 0 Å². The Labute approximate surface area is 134 Å². The van der Waals surface area contributed by atoms with Crippen LogP contribution in [0.15, 0.2) is 24.3 Å². The third kappa shape index (κ3) is 6.35. The lowest BCUT2D eigenvalue weighted by molar-refractivity contribution is 0.198. The quantitative estimate of drug-likeness (QED) is 0.803. The third-order valence-electron chi connectivity index (χ3n) is 3.38. The number of urea groups is 1. The monoisotopic (exact) mass is 307 g/mol. The molecule has 1 N–H and O–H groups in total. The van der Waals surface area contributed by atoms with Crippen LogP contribution in [0.1, 0.15) is 25.8 Å². The van der Waals surface area contributed by atoms with E-state index >= 15 is 0 Å². The van der Waals surface area contributed by atoms with Gasteiger partial charge in [-0.1, -0.05) is 19.1 Å². The summed E-state index contributed by atoms with van der Waals surface area (Å²) in [5.74, 6) is 0.841. The van der Waals surface area contributed by atoms with Gasteiger partial charge in [0, 0.05) is 26.2 Å². The van der Waals surface area contributed by atoms with Crippen molar-refractivity contribution in [2.75, 3.05) is 34.3 Å². The highest BCUT2D eigenvalue weighted by molar-refractivity contribution is 5.74. The maximum atomic E-state index is 12.3. The first-order chi connectivity index (χ1) is 10.5. The Morgan fingerprint density at radius 1 is 1.27 bits per heavy atom. The van der Waals surface area contributed by atoms with E-state index in [0.717, 1.165) is 24.3 Å². The fraction of sp³-hybridized carbons (Fsp3) is 0.588. The van der Waals surface area contributed by atoms with E-state index in [-0.39, 0.29) is 12.1 Å². The molecule has 0 aliphatic rings. The highest BCUT2D eigenvalue weighted by Crippen LogP contribution is 2.14. The number of nitrogens with zero attached hydrogens (tertiary/aromatic N) is 2. The summed E-state index contributed by atoms with van der Waals surface area (Å²) in [6, 6.07) is 7.98. The van der Waals surface area contributed by atoms with E-state index in [4.69, 9.17) is 4.74 Å². The van der Waals surface area contributed by atoms with Crippen LogP contribution < -0.4 is 10.1 Å². The van der Waals surface area contributed by atoms with Gasteiger partial charge in [0.2, 0.25) is 0 Å². The number of benzene rings is 1. The number of rotatable bonds is 8. The summed E-state index contributed by atoms with van der Waals surface area (Å²) in [6.45, 7) is 6.09. The molecule has 22 heavy (non-hydrogen) atoms. The normalized spacial score (nSPS) is 12.1. The maximum Gasteiger partial charge on any atom is 0.317 e. The fourth-order valence-electron chi connectivity index (χ4n) is 2.25. The van der Waals surface area contributed by atoms with Gasteiger partial charge in [-0.25, -0.2) is 4.79 Å². The van der Waals surface area contributed by atoms with E-state index in [1.807, 2.05) is 52.3 Å². The number of ether oxygens (including phenoxy) is 1. The molecule has 0 bridgehead atoms. The van der Waals surface area contributed by atoms with E-state index in [0.29, 0.717) is 13.2 Å². The third-order valence-corrected chi connectivity index (χ3v) is 3.38. The first-order valence-corrected chi connectivity index (χ1v) is 7.84. The van der Waals surface area contributed by atoms with Gasteiger partial charge in [0.1, 0.15) is 5.75 Å². The molecule has 0 spiro atoms. The number of carbonyl (C=O) groups is 1. The summed E-state index contributed by atoms with van der Waals surface area (Å²) in [5, 5.41) is 3.07. The predicted molar refractivity (Wildman–Crippen MR) is 90.2 cm³/mol. The molecule has 1 aromatic carbocycles. The van der Waals surface area contributed by atoms with E-state index < -0.39 is 0 Å². The minimum absolute atomic E-state index is 0.0458. The Balaban J connectivity index is 2.57. The van der Waals surface area contributed by atoms with Crippen molar-refractivity contribution in [3.8, 4) is 5.75 Å². The van der Waals surface area contributed by atoms with Crippen molar-refractivity contribution in [3.63, 3.8) is 0 Å². The Hall–Kier alpha value is -1.75. The molecule has 124 valence electrons. The largest absolute Gasteiger partial charge is 0.494 e. The average molecular weight is 307 g/mol. The van der Waals surface area contributed by atoms with Crippen molar-refractivity contribution in [1.29, 1.82) is 0 Å². The van der Waals surface area contributed by atoms with Crippen molar-refractivity contribution in [3.05, 3.63) is 29.8 Å². The summed E-state index contributed by atoms with van der Waals surface area (Å²) in [4.78, 5) is 16.1. The van der Waals surface area contributed by atoms with Gasteiger partial charge in [-0.2, -0.15) is 0 Å². The lowest BCUT2D eigenvalue weighted by Crippen LogP contribution is -2.46. The summed E-state index contributed by atoms with van der Waals surface area (Å²) >= 11 is 0. The number of carbonyl (C=O) groups excluding carboxylic acids is 1. The molecule has 0 aromatic heterocycles. The van der Waals surface area contributed by atoms with Crippen molar-refractivity contribution in [1.82, 2.24) is 15.1 Å². The Morgan fingerprint density at radius 2 is 2.00 bits per heavy atom. The zero-order chi connectivity index (χ0) is 16.5. The molecule has 0 aliphatic heterocycles. The molecule has 0 saturated carbocycles. The van der Waals surface area contributed by atoms with Gasteiger partial charge in [-0.05, 0) is 45.1 Å². The second kappa shape index (κ2) is 9.30. The first-order valence-electron chi connectivity index (χ1n) is 7.84. The highest BCUT2D eigenvalue weighted by atomic mass is 16.5. The summed E-state index contributed by atoms with van der Waals surface area (Å²) in [5.41, 5.74) is 1.06. The number of nitrogens with one attached hydrogen (secondary N) is 1. The van der Waals surface area contributed by atoms with Crippen LogP contribution in [-0.4, -0.2) is 56.2 Å². The topological polar surface area (TPSA) is 44.8 Å². The van der Waals surface area contributed by atoms with Gasteiger partial charge < -0.3 is 19.9 Å². The van der Waals surface area contributed by atoms with Crippen molar-refractivity contribution < 1.29 is 9.53 Å². The highest BCUT2D eigenvalue weighted by Gasteiger charge is 2.15. The Morgan fingerprint density at radius 3 is 2.59 bits per heavy atom. The molecule has 1 aromatic rings. The summed E-state index contributed by atoms with van der Waals surface area (Å²) in [6.07, 6.45) is 0.914. The lowest BCUT2D eigenvalue weighted by Gasteiger charge is -2.25. The number of hydrogen-bond acceptors (Lipinski definition) is 3. The fourth-order valence-corrected chi connectivity index (χ4v) is 2.25. The molecule has 5 heteroatoms. The molecule has 1 rings (SSSR count). The SMILES string of the molecule is CCOc1cccc(CN(C)C(=O)NC(CC)CN(C)C)c1. The van der Waals surface area contributed by atoms with Crippen LogP contribution in [-0.2, 0) is 6.54 Å². The molecule has 1 atom stereocenters. The summed E-state index contributed by atoms with van der Waals surface area (Å²) < 4.78 is 5.49. The number of amides is 2. The maximum absolute atomic E-state index is 12.3. The average Bonchev–Trinajstić information content (AvgIpc) is 2.46. The molecule has 1 unspecified atom stereocenters. The predicted octanol–water partition coefficient (Wildman–Crippen LogP) is 2.57. The standard InChI is InChI=1S/C17H29N3O2/c1-6-15(13-19(3)4)18-17(21)20(5)12-14-9-8-10-16(11-14)22-7-2/h8-11,15H,6-7,12-13H2,1-5H3,(H,18,21). The first kappa shape index (κ1) is 18.3. The smallest absolute Gasteiger partial charge is 0.317 e. The van der Waals surface area contributed by atoms with E-state index in [2.05, 4.69) is 17.1 Å². The molecule has 5 nitrogen and oxygen atoms in total. The second-order valence-electron chi connectivity index (χ2n) is 5.75. The number of likely N-dealkylation sites (N-methyl/N-ethyl adjacent to an activating group) is 1. The van der Waals surface area contributed by atoms with Gasteiger partial charge in [0.05, 0.1) is 6.61 Å². The van der Waals surface area contributed by atoms with Gasteiger partial charge >= 0.3 is 6.03 Å². The van der Waals surface area contributed by atoms with Crippen LogP contribution in [0.3, 0.4) is 0 Å². The molecule has 0 aliphatic carbocycles. The molecule has 0 radical (unpaired) electrons. The van der Waals surface area contributed by atoms with Crippen LogP contribution in [0, 0.1) is 0 Å². The Bertz CT molecular complexity index is 463. The van der Waals surface area contributed by atoms with Crippen LogP contribution in [0.5, 0.6) is 5.75 Å². The van der Waals surface area contributed by atoms with Gasteiger partial charge in [-0.3, -0.25) is 0 Å². The van der Waals surface area contributed by atoms with Gasteiger partial charge in [0.25, 0.3) is 0 Å². The van der Waals surface area contributed by atoms with Crippen LogP contribution in [0.4, 0.5) is 4.79 Å². The van der Waals surface area contributed by atoms with E-state index in [1.54, 1.807) is 4.90 Å². The minimum atomic E-state index is -0.0458. The zero-order valence-electron chi connectivity index (χ0n) is 14.4. The molecule has 0 heterocycles. The van der Waals surface area contributed by atoms with Crippen LogP contribution in [0.2, 0.25) is 0 Å². The zero-order valence-corrected chi connectivity index (χ0v) is 14.4. The summed E-state index contributed by atoms with van der Waals surface area (Å²) in [7, 11) is 5.83. The number of hydrogen-bond donors (Lipinski definition) is 1. The van der Waals surface area contributed by atoms with Gasteiger partial charge in [0.15, 0.2) is 0 Å². The lowest BCUT2D eigenvalue weighted by atomic mass is 10.2. The molecular formula is C17H29N3O2. The second-order valence-corrected chi connectivity index (χ2v) is 5.75. The Kier molecular flexibility index (Phi) is 7.74. The van der Waals surface area contributed by atoms with E-state index in [1.165, 1.54) is 0 Å². The van der Waals surface area contributed by atoms with E-state index in [9.17, 15) is 4.79 Å². The van der Waals surface area contributed by atoms with Crippen molar-refractivity contribution >= 4 is 6.03 Å². The molecule has 0 fully saturated rings. The van der Waals surface area contributed by atoms with Crippen molar-refractivity contribution in [2.24, 2.45) is 0 Å². The molecule has 2 amide bonds. The van der Waals surface area contributed by atoms with Crippen molar-refractivity contribution in [2.45, 2.75) is 32.9 Å². The molecule has 0 saturated heterocycles. The molecular weight excluding hydrogens is 278 g/mol.